The van der Waals surface area contributed by atoms with E-state index >= 15 is 0 Å². The summed E-state index contributed by atoms with van der Waals surface area (Å²) in [5.41, 5.74) is 6.19. The van der Waals surface area contributed by atoms with Gasteiger partial charge in [0.25, 0.3) is 0 Å². The summed E-state index contributed by atoms with van der Waals surface area (Å²) in [6.07, 6.45) is 3.11. The highest BCUT2D eigenvalue weighted by Crippen LogP contribution is 2.33. The molecule has 1 aliphatic carbocycles. The van der Waals surface area contributed by atoms with Crippen LogP contribution in [0.3, 0.4) is 0 Å². The van der Waals surface area contributed by atoms with Crippen molar-refractivity contribution in [2.24, 2.45) is 17.6 Å². The zero-order valence-corrected chi connectivity index (χ0v) is 13.1. The van der Waals surface area contributed by atoms with Gasteiger partial charge in [-0.25, -0.2) is 0 Å². The summed E-state index contributed by atoms with van der Waals surface area (Å²) in [5.74, 6) is 1.28. The molecule has 2 N–H and O–H groups in total. The topological polar surface area (TPSA) is 43.1 Å². The van der Waals surface area contributed by atoms with E-state index in [1.165, 1.54) is 0 Å². The van der Waals surface area contributed by atoms with Gasteiger partial charge in [0.2, 0.25) is 0 Å². The maximum atomic E-state index is 12.7. The minimum atomic E-state index is -1.03. The van der Waals surface area contributed by atoms with E-state index in [2.05, 4.69) is 13.8 Å². The summed E-state index contributed by atoms with van der Waals surface area (Å²) in [5, 5.41) is 0.746. The van der Waals surface area contributed by atoms with E-state index in [0.29, 0.717) is 16.9 Å². The molecule has 19 heavy (non-hydrogen) atoms. The van der Waals surface area contributed by atoms with Crippen molar-refractivity contribution in [2.45, 2.75) is 49.3 Å². The zero-order chi connectivity index (χ0) is 14.0. The molecule has 1 fully saturated rings. The largest absolute Gasteiger partial charge is 0.327 e. The van der Waals surface area contributed by atoms with E-state index in [4.69, 9.17) is 17.3 Å². The average Bonchev–Trinajstić information content (AvgIpc) is 2.39. The molecule has 0 spiro atoms. The minimum absolute atomic E-state index is 0.0477. The van der Waals surface area contributed by atoms with Gasteiger partial charge >= 0.3 is 0 Å². The number of nitrogens with two attached hydrogens (primary N) is 1. The predicted octanol–water partition coefficient (Wildman–Crippen LogP) is 3.60. The van der Waals surface area contributed by atoms with Crippen molar-refractivity contribution in [3.05, 3.63) is 29.3 Å². The van der Waals surface area contributed by atoms with Crippen molar-refractivity contribution >= 4 is 22.4 Å². The van der Waals surface area contributed by atoms with Gasteiger partial charge in [-0.1, -0.05) is 25.4 Å². The summed E-state index contributed by atoms with van der Waals surface area (Å²) < 4.78 is 12.7. The molecule has 0 aliphatic heterocycles. The van der Waals surface area contributed by atoms with Crippen molar-refractivity contribution in [3.8, 4) is 0 Å². The van der Waals surface area contributed by atoms with Gasteiger partial charge in [0.05, 0.1) is 16.0 Å². The maximum absolute atomic E-state index is 12.7. The molecule has 0 amide bonds. The Morgan fingerprint density at radius 2 is 1.89 bits per heavy atom. The van der Waals surface area contributed by atoms with Gasteiger partial charge in [0.1, 0.15) is 0 Å². The van der Waals surface area contributed by atoms with Gasteiger partial charge in [0, 0.05) is 16.0 Å². The van der Waals surface area contributed by atoms with Crippen molar-refractivity contribution in [3.63, 3.8) is 0 Å². The second-order valence-corrected chi connectivity index (χ2v) is 7.88. The molecular formula is C15H22ClNOS. The fourth-order valence-corrected chi connectivity index (χ4v) is 4.53. The van der Waals surface area contributed by atoms with E-state index in [9.17, 15) is 4.21 Å². The Balaban J connectivity index is 2.14. The quantitative estimate of drug-likeness (QED) is 0.926. The number of hydrogen-bond donors (Lipinski definition) is 1. The van der Waals surface area contributed by atoms with E-state index in [-0.39, 0.29) is 11.3 Å². The summed E-state index contributed by atoms with van der Waals surface area (Å²) >= 11 is 5.87. The van der Waals surface area contributed by atoms with E-state index in [0.717, 1.165) is 24.2 Å². The third kappa shape index (κ3) is 3.59. The highest BCUT2D eigenvalue weighted by Gasteiger charge is 2.33. The average molecular weight is 300 g/mol. The number of benzene rings is 1. The summed E-state index contributed by atoms with van der Waals surface area (Å²) in [4.78, 5) is 0.842. The smallest absolute Gasteiger partial charge is 0.0576 e. The molecule has 0 saturated heterocycles. The number of hydrogen-bond acceptors (Lipinski definition) is 2. The number of rotatable bonds is 3. The lowest BCUT2D eigenvalue weighted by atomic mass is 9.79. The molecule has 1 aromatic rings. The lowest BCUT2D eigenvalue weighted by Crippen LogP contribution is -2.43. The Morgan fingerprint density at radius 1 is 1.26 bits per heavy atom. The lowest BCUT2D eigenvalue weighted by Gasteiger charge is -2.35. The van der Waals surface area contributed by atoms with E-state index in [1.807, 2.05) is 12.1 Å². The van der Waals surface area contributed by atoms with Crippen LogP contribution in [0.5, 0.6) is 0 Å². The van der Waals surface area contributed by atoms with E-state index in [1.54, 1.807) is 12.1 Å². The molecule has 2 rings (SSSR count). The molecule has 0 aromatic heterocycles. The maximum Gasteiger partial charge on any atom is 0.0576 e. The SMILES string of the molecule is CC(C)C1CCC(N)C(S(=O)c2ccc(Cl)cc2)C1. The van der Waals surface area contributed by atoms with Crippen LogP contribution >= 0.6 is 11.6 Å². The third-order valence-corrected chi connectivity index (χ3v) is 6.23. The van der Waals surface area contributed by atoms with Gasteiger partial charge in [0.15, 0.2) is 0 Å². The van der Waals surface area contributed by atoms with Gasteiger partial charge in [-0.15, -0.1) is 0 Å². The van der Waals surface area contributed by atoms with Crippen LogP contribution in [0.4, 0.5) is 0 Å². The van der Waals surface area contributed by atoms with Crippen LogP contribution in [0.1, 0.15) is 33.1 Å². The Bertz CT molecular complexity index is 446. The molecule has 0 radical (unpaired) electrons. The molecule has 4 unspecified atom stereocenters. The molecular weight excluding hydrogens is 278 g/mol. The van der Waals surface area contributed by atoms with Crippen molar-refractivity contribution in [2.75, 3.05) is 0 Å². The van der Waals surface area contributed by atoms with Crippen molar-refractivity contribution in [1.82, 2.24) is 0 Å². The van der Waals surface area contributed by atoms with Crippen molar-refractivity contribution in [1.29, 1.82) is 0 Å². The van der Waals surface area contributed by atoms with Crippen LogP contribution in [-0.4, -0.2) is 15.5 Å². The van der Waals surface area contributed by atoms with Crippen LogP contribution in [0.25, 0.3) is 0 Å². The Morgan fingerprint density at radius 3 is 2.47 bits per heavy atom. The zero-order valence-electron chi connectivity index (χ0n) is 11.5. The normalized spacial score (nSPS) is 29.4. The van der Waals surface area contributed by atoms with E-state index < -0.39 is 10.8 Å². The first-order valence-corrected chi connectivity index (χ1v) is 8.50. The highest BCUT2D eigenvalue weighted by atomic mass is 35.5. The van der Waals surface area contributed by atoms with Gasteiger partial charge in [-0.2, -0.15) is 0 Å². The van der Waals surface area contributed by atoms with Crippen molar-refractivity contribution < 1.29 is 4.21 Å². The van der Waals surface area contributed by atoms with Gasteiger partial charge in [-0.05, 0) is 55.4 Å². The predicted molar refractivity (Wildman–Crippen MR) is 81.8 cm³/mol. The first-order valence-electron chi connectivity index (χ1n) is 6.90. The first kappa shape index (κ1) is 15.0. The molecule has 106 valence electrons. The fourth-order valence-electron chi connectivity index (χ4n) is 2.78. The van der Waals surface area contributed by atoms with Crippen LogP contribution < -0.4 is 5.73 Å². The summed E-state index contributed by atoms with van der Waals surface area (Å²) in [7, 11) is -1.03. The third-order valence-electron chi connectivity index (χ3n) is 4.15. The molecule has 2 nitrogen and oxygen atoms in total. The highest BCUT2D eigenvalue weighted by molar-refractivity contribution is 7.85. The Kier molecular flexibility index (Phi) is 5.04. The van der Waals surface area contributed by atoms with Gasteiger partial charge < -0.3 is 5.73 Å². The van der Waals surface area contributed by atoms with Crippen LogP contribution in [-0.2, 0) is 10.8 Å². The molecule has 4 heteroatoms. The Labute approximate surface area is 123 Å². The standard InChI is InChI=1S/C15H22ClNOS/c1-10(2)11-3-8-14(17)15(9-11)19(18)13-6-4-12(16)5-7-13/h4-7,10-11,14-15H,3,8-9,17H2,1-2H3. The molecule has 1 aliphatic rings. The lowest BCUT2D eigenvalue weighted by molar-refractivity contribution is 0.264. The van der Waals surface area contributed by atoms with Crippen LogP contribution in [0.2, 0.25) is 5.02 Å². The Hall–Kier alpha value is -0.380. The van der Waals surface area contributed by atoms with Crippen LogP contribution in [0, 0.1) is 11.8 Å². The summed E-state index contributed by atoms with van der Waals surface area (Å²) in [6, 6.07) is 7.34. The second kappa shape index (κ2) is 6.38. The summed E-state index contributed by atoms with van der Waals surface area (Å²) in [6.45, 7) is 4.48. The number of halogens is 1. The first-order chi connectivity index (χ1) is 8.99. The fraction of sp³-hybridized carbons (Fsp3) is 0.600. The monoisotopic (exact) mass is 299 g/mol. The molecule has 4 atom stereocenters. The molecule has 1 aromatic carbocycles. The van der Waals surface area contributed by atoms with Gasteiger partial charge in [-0.3, -0.25) is 4.21 Å². The molecule has 0 bridgehead atoms. The van der Waals surface area contributed by atoms with Crippen LogP contribution in [0.15, 0.2) is 29.2 Å². The molecule has 1 saturated carbocycles. The second-order valence-electron chi connectivity index (χ2n) is 5.77. The minimum Gasteiger partial charge on any atom is -0.327 e. The molecule has 0 heterocycles.